The summed E-state index contributed by atoms with van der Waals surface area (Å²) in [5, 5.41) is 54.0. The molecule has 1 aliphatic heterocycles. The van der Waals surface area contributed by atoms with Gasteiger partial charge in [0.25, 0.3) is 0 Å². The molecule has 0 saturated carbocycles. The van der Waals surface area contributed by atoms with E-state index in [1.807, 2.05) is 0 Å². The van der Waals surface area contributed by atoms with E-state index in [9.17, 15) is 58.5 Å². The van der Waals surface area contributed by atoms with Crippen molar-refractivity contribution >= 4 is 122 Å². The monoisotopic (exact) mass is 1050 g/mol. The average Bonchev–Trinajstić information content (AvgIpc) is 4.00. The fourth-order valence-corrected chi connectivity index (χ4v) is 12.2. The summed E-state index contributed by atoms with van der Waals surface area (Å²) in [6.07, 6.45) is 14.0. The first kappa shape index (κ1) is 63.5. The van der Waals surface area contributed by atoms with Gasteiger partial charge in [-0.2, -0.15) is 12.6 Å². The molecule has 24 heteroatoms. The third-order valence-corrected chi connectivity index (χ3v) is 19.2. The Kier molecular flexibility index (Phi) is 37.9. The molecule has 18 nitrogen and oxygen atoms in total. The fraction of sp³-hybridized carbons (Fsp3) is 0.786. The normalized spacial score (nSPS) is 14.3. The number of carbonyl (C=O) groups excluding carboxylic acids is 4. The average molecular weight is 1050 g/mol. The minimum Gasteiger partial charge on any atom is -0.481 e. The van der Waals surface area contributed by atoms with Crippen LogP contribution < -0.4 is 21.7 Å². The van der Waals surface area contributed by atoms with Crippen LogP contribution in [0.25, 0.3) is 0 Å². The highest BCUT2D eigenvalue weighted by molar-refractivity contribution is 9.07. The highest BCUT2D eigenvalue weighted by atomic mass is 33.2. The minimum atomic E-state index is -1.53. The van der Waals surface area contributed by atoms with Crippen molar-refractivity contribution in [1.29, 1.82) is 0 Å². The molecule has 0 aromatic rings. The summed E-state index contributed by atoms with van der Waals surface area (Å²) in [6, 6.07) is -3.97. The highest BCUT2D eigenvalue weighted by Gasteiger charge is 2.43. The van der Waals surface area contributed by atoms with Gasteiger partial charge in [0.05, 0.1) is 5.92 Å². The van der Waals surface area contributed by atoms with E-state index in [0.717, 1.165) is 62.9 Å². The van der Waals surface area contributed by atoms with Crippen LogP contribution in [0.3, 0.4) is 0 Å². The molecule has 1 saturated heterocycles. The molecule has 10 N–H and O–H groups in total. The van der Waals surface area contributed by atoms with Gasteiger partial charge in [-0.15, -0.1) is 12.6 Å². The van der Waals surface area contributed by atoms with Gasteiger partial charge in [0.15, 0.2) is 2.74 Å². The van der Waals surface area contributed by atoms with Crippen molar-refractivity contribution < 1.29 is 68.7 Å². The standard InChI is InChI=1S/C40H68N4O14.C2H4S6/c41-30(38(53)54)18-15-16-26-42-33(46)24-21-31(39(55)56)44-35(48)25-22-32(40(57)58)43-34(47)23-20-28(37(51)52)27-29(45)17-13-11-9-7-5-3-1-2-4-6-8-10-12-14-19-36(49)50;3-1-5-6-2(4)7-8-2/h28,30-32H,1-27,41H2,(H,42,46)(H,43,47)(H,44,48)(H,49,50)(H,51,52)(H,53,54)(H,55,56)(H,57,58);3-4H,1H2/t28-,30+,31+,32+;/m1./s1. The van der Waals surface area contributed by atoms with Crippen LogP contribution in [-0.4, -0.2) is 111 Å². The predicted molar refractivity (Wildman–Crippen MR) is 267 cm³/mol. The maximum atomic E-state index is 12.5. The Balaban J connectivity index is 0.00000472. The van der Waals surface area contributed by atoms with E-state index in [1.165, 1.54) is 25.7 Å². The van der Waals surface area contributed by atoms with Gasteiger partial charge in [0.2, 0.25) is 17.7 Å². The molecule has 1 aliphatic rings. The summed E-state index contributed by atoms with van der Waals surface area (Å²) in [6.45, 7) is 0.221. The highest BCUT2D eigenvalue weighted by Crippen LogP contribution is 2.75. The number of Topliss-reactive ketones (excluding diaryl/α,β-unsaturated/α-hetero) is 1. The van der Waals surface area contributed by atoms with Gasteiger partial charge in [0, 0.05) is 50.2 Å². The third-order valence-electron chi connectivity index (χ3n) is 10.3. The second-order valence-corrected chi connectivity index (χ2v) is 24.1. The van der Waals surface area contributed by atoms with Crippen molar-refractivity contribution in [1.82, 2.24) is 16.0 Å². The largest absolute Gasteiger partial charge is 0.481 e. The topological polar surface area (TPSA) is 317 Å². The Bertz CT molecular complexity index is 1500. The molecular weight excluding hydrogens is 977 g/mol. The Morgan fingerprint density at radius 3 is 1.38 bits per heavy atom. The number of carbonyl (C=O) groups is 9. The van der Waals surface area contributed by atoms with E-state index >= 15 is 0 Å². The number of hydrogen-bond donors (Lipinski definition) is 11. The summed E-state index contributed by atoms with van der Waals surface area (Å²) >= 11 is 8.38. The van der Waals surface area contributed by atoms with Gasteiger partial charge >= 0.3 is 29.8 Å². The van der Waals surface area contributed by atoms with Crippen LogP contribution in [0.2, 0.25) is 0 Å². The van der Waals surface area contributed by atoms with Crippen molar-refractivity contribution in [2.75, 3.05) is 11.6 Å². The second kappa shape index (κ2) is 39.3. The number of carboxylic acids is 5. The number of hydrogen-bond acceptors (Lipinski definition) is 16. The Morgan fingerprint density at radius 2 is 0.970 bits per heavy atom. The SMILES string of the molecule is N[C@@H](CCCCNC(=O)CC[C@H](NC(=O)CC[C@H](NC(=O)CC[C@H](CC(=O)CCCCCCCCCCCCCCCCC(=O)O)C(=O)O)C(=O)O)C(=O)O)C(=O)O.SCSSC1(S)SS1. The third kappa shape index (κ3) is 37.5. The van der Waals surface area contributed by atoms with Crippen LogP contribution in [0.1, 0.15) is 167 Å². The minimum absolute atomic E-state index is 0.160. The molecule has 0 radical (unpaired) electrons. The number of aliphatic carboxylic acids is 5. The van der Waals surface area contributed by atoms with Crippen molar-refractivity contribution in [2.24, 2.45) is 11.7 Å². The quantitative estimate of drug-likeness (QED) is 0.00936. The van der Waals surface area contributed by atoms with E-state index in [4.69, 9.17) is 15.9 Å². The molecule has 0 aromatic heterocycles. The van der Waals surface area contributed by atoms with Crippen molar-refractivity contribution in [3.05, 3.63) is 0 Å². The van der Waals surface area contributed by atoms with Gasteiger partial charge in [-0.3, -0.25) is 33.6 Å². The number of unbranched alkanes of at least 4 members (excludes halogenated alkanes) is 14. The molecule has 0 aliphatic carbocycles. The van der Waals surface area contributed by atoms with Crippen molar-refractivity contribution in [2.45, 2.75) is 188 Å². The molecule has 1 fully saturated rings. The second-order valence-electron chi connectivity index (χ2n) is 16.0. The number of nitrogens with one attached hydrogen (secondary N) is 3. The van der Waals surface area contributed by atoms with Gasteiger partial charge < -0.3 is 47.2 Å². The van der Waals surface area contributed by atoms with Crippen molar-refractivity contribution in [3.63, 3.8) is 0 Å². The summed E-state index contributed by atoms with van der Waals surface area (Å²) in [4.78, 5) is 106. The smallest absolute Gasteiger partial charge is 0.326 e. The predicted octanol–water partition coefficient (Wildman–Crippen LogP) is 7.34. The van der Waals surface area contributed by atoms with Crippen LogP contribution in [0.5, 0.6) is 0 Å². The van der Waals surface area contributed by atoms with E-state index in [2.05, 4.69) is 41.2 Å². The summed E-state index contributed by atoms with van der Waals surface area (Å²) in [5.41, 5.74) is 5.41. The lowest BCUT2D eigenvalue weighted by molar-refractivity contribution is -0.145. The van der Waals surface area contributed by atoms with E-state index in [0.29, 0.717) is 19.3 Å². The number of rotatable bonds is 42. The summed E-state index contributed by atoms with van der Waals surface area (Å²) in [7, 11) is 7.11. The van der Waals surface area contributed by atoms with Crippen LogP contribution in [0.4, 0.5) is 0 Å². The number of amides is 3. The molecule has 0 aromatic carbocycles. The Labute approximate surface area is 415 Å². The fourth-order valence-electron chi connectivity index (χ4n) is 6.41. The van der Waals surface area contributed by atoms with E-state index < -0.39 is 84.5 Å². The van der Waals surface area contributed by atoms with Crippen LogP contribution >= 0.6 is 68.4 Å². The molecule has 4 atom stereocenters. The lowest BCUT2D eigenvalue weighted by Crippen LogP contribution is -2.44. The maximum Gasteiger partial charge on any atom is 0.326 e. The Hall–Kier alpha value is -2.51. The summed E-state index contributed by atoms with van der Waals surface area (Å²) in [5.74, 6) is -9.41. The first-order valence-corrected chi connectivity index (χ1v) is 28.1. The molecule has 1 rings (SSSR count). The lowest BCUT2D eigenvalue weighted by Gasteiger charge is -2.17. The van der Waals surface area contributed by atoms with Crippen molar-refractivity contribution in [3.8, 4) is 0 Å². The van der Waals surface area contributed by atoms with Gasteiger partial charge in [-0.1, -0.05) is 98.6 Å². The zero-order valence-electron chi connectivity index (χ0n) is 37.6. The molecule has 66 heavy (non-hydrogen) atoms. The van der Waals surface area contributed by atoms with Gasteiger partial charge in [-0.25, -0.2) is 9.59 Å². The van der Waals surface area contributed by atoms with Gasteiger partial charge in [0.1, 0.15) is 23.9 Å². The van der Waals surface area contributed by atoms with E-state index in [-0.39, 0.29) is 66.4 Å². The molecule has 0 spiro atoms. The number of nitrogens with two attached hydrogens (primary N) is 1. The van der Waals surface area contributed by atoms with E-state index in [1.54, 1.807) is 43.2 Å². The lowest BCUT2D eigenvalue weighted by atomic mass is 9.94. The molecule has 380 valence electrons. The Morgan fingerprint density at radius 1 is 0.530 bits per heavy atom. The summed E-state index contributed by atoms with van der Waals surface area (Å²) < 4.78 is 0.160. The molecular formula is C42H72N4O14S6. The van der Waals surface area contributed by atoms with Crippen LogP contribution in [0, 0.1) is 5.92 Å². The molecule has 1 heterocycles. The number of carboxylic acid groups (broad SMARTS) is 5. The van der Waals surface area contributed by atoms with Gasteiger partial charge in [-0.05, 0) is 73.0 Å². The van der Waals surface area contributed by atoms with Crippen LogP contribution in [0.15, 0.2) is 0 Å². The number of ketones is 1. The molecule has 0 unspecified atom stereocenters. The number of thiol groups is 2. The maximum absolute atomic E-state index is 12.5. The zero-order chi connectivity index (χ0) is 49.8. The molecule has 3 amide bonds. The first-order valence-electron chi connectivity index (χ1n) is 22.6. The van der Waals surface area contributed by atoms with Crippen LogP contribution in [-0.2, 0) is 43.2 Å². The first-order chi connectivity index (χ1) is 31.3. The zero-order valence-corrected chi connectivity index (χ0v) is 42.7. The molecule has 0 bridgehead atoms.